The first-order chi connectivity index (χ1) is 12.1. The van der Waals surface area contributed by atoms with E-state index in [1.807, 2.05) is 62.4 Å². The van der Waals surface area contributed by atoms with Crippen LogP contribution in [-0.4, -0.2) is 16.1 Å². The van der Waals surface area contributed by atoms with Crippen LogP contribution in [0.25, 0.3) is 0 Å². The van der Waals surface area contributed by atoms with Crippen LogP contribution in [0.5, 0.6) is 0 Å². The summed E-state index contributed by atoms with van der Waals surface area (Å²) in [6.07, 6.45) is 0.312. The number of anilines is 3. The molecule has 126 valence electrons. The lowest BCUT2D eigenvalue weighted by Crippen LogP contribution is -2.15. The summed E-state index contributed by atoms with van der Waals surface area (Å²) in [5, 5.41) is 14.2. The first-order valence-electron chi connectivity index (χ1n) is 8.12. The quantitative estimate of drug-likeness (QED) is 0.740. The van der Waals surface area contributed by atoms with Gasteiger partial charge in [0.15, 0.2) is 11.6 Å². The van der Waals surface area contributed by atoms with Gasteiger partial charge in [0.2, 0.25) is 5.91 Å². The van der Waals surface area contributed by atoms with Crippen molar-refractivity contribution >= 4 is 23.2 Å². The van der Waals surface area contributed by atoms with Crippen LogP contribution in [0, 0.1) is 13.8 Å². The zero-order chi connectivity index (χ0) is 17.6. The second-order valence-corrected chi connectivity index (χ2v) is 5.96. The van der Waals surface area contributed by atoms with Crippen molar-refractivity contribution in [3.8, 4) is 0 Å². The molecule has 2 aromatic carbocycles. The Labute approximate surface area is 147 Å². The lowest BCUT2D eigenvalue weighted by Gasteiger charge is -2.09. The van der Waals surface area contributed by atoms with Crippen molar-refractivity contribution in [1.29, 1.82) is 0 Å². The third kappa shape index (κ3) is 4.64. The van der Waals surface area contributed by atoms with Gasteiger partial charge >= 0.3 is 0 Å². The number of hydrogen-bond donors (Lipinski definition) is 2. The van der Waals surface area contributed by atoms with Crippen molar-refractivity contribution in [2.45, 2.75) is 20.3 Å². The maximum absolute atomic E-state index is 12.1. The zero-order valence-electron chi connectivity index (χ0n) is 14.3. The van der Waals surface area contributed by atoms with Crippen LogP contribution in [0.15, 0.2) is 60.7 Å². The van der Waals surface area contributed by atoms with E-state index in [1.54, 1.807) is 12.1 Å². The molecule has 0 saturated heterocycles. The van der Waals surface area contributed by atoms with Crippen LogP contribution in [0.2, 0.25) is 0 Å². The Morgan fingerprint density at radius 1 is 0.920 bits per heavy atom. The topological polar surface area (TPSA) is 66.9 Å². The fourth-order valence-corrected chi connectivity index (χ4v) is 2.51. The van der Waals surface area contributed by atoms with Crippen molar-refractivity contribution < 1.29 is 4.79 Å². The maximum atomic E-state index is 12.1. The average Bonchev–Trinajstić information content (AvgIpc) is 2.58. The molecule has 0 unspecified atom stereocenters. The normalized spacial score (nSPS) is 10.3. The Balaban J connectivity index is 1.60. The molecule has 0 saturated carbocycles. The molecule has 5 nitrogen and oxygen atoms in total. The standard InChI is InChI=1S/C20H20N4O/c1-14-6-5-8-16(12-14)13-20(25)22-19-11-10-18(23-24-19)21-17-9-4-3-7-15(17)2/h3-12H,13H2,1-2H3,(H,21,23)(H,22,24,25). The van der Waals surface area contributed by atoms with Crippen LogP contribution in [-0.2, 0) is 11.2 Å². The molecule has 0 radical (unpaired) electrons. The maximum Gasteiger partial charge on any atom is 0.229 e. The third-order valence-corrected chi connectivity index (χ3v) is 3.79. The van der Waals surface area contributed by atoms with Crippen molar-refractivity contribution in [1.82, 2.24) is 10.2 Å². The number of rotatable bonds is 5. The van der Waals surface area contributed by atoms with Gasteiger partial charge in [-0.2, -0.15) is 0 Å². The van der Waals surface area contributed by atoms with Gasteiger partial charge in [-0.3, -0.25) is 4.79 Å². The number of aromatic nitrogens is 2. The molecule has 5 heteroatoms. The molecule has 0 fully saturated rings. The summed E-state index contributed by atoms with van der Waals surface area (Å²) in [7, 11) is 0. The summed E-state index contributed by atoms with van der Waals surface area (Å²) >= 11 is 0. The molecular weight excluding hydrogens is 312 g/mol. The van der Waals surface area contributed by atoms with Gasteiger partial charge in [-0.25, -0.2) is 0 Å². The highest BCUT2D eigenvalue weighted by Crippen LogP contribution is 2.18. The van der Waals surface area contributed by atoms with E-state index in [2.05, 4.69) is 20.8 Å². The SMILES string of the molecule is Cc1cccc(CC(=O)Nc2ccc(Nc3ccccc3C)nn2)c1. The van der Waals surface area contributed by atoms with E-state index < -0.39 is 0 Å². The molecule has 1 amide bonds. The predicted molar refractivity (Wildman–Crippen MR) is 100 cm³/mol. The second-order valence-electron chi connectivity index (χ2n) is 5.96. The molecule has 3 rings (SSSR count). The number of aryl methyl sites for hydroxylation is 2. The highest BCUT2D eigenvalue weighted by atomic mass is 16.1. The van der Waals surface area contributed by atoms with E-state index in [1.165, 1.54) is 0 Å². The fourth-order valence-electron chi connectivity index (χ4n) is 2.51. The van der Waals surface area contributed by atoms with E-state index in [0.29, 0.717) is 18.1 Å². The van der Waals surface area contributed by atoms with Gasteiger partial charge in [0, 0.05) is 5.69 Å². The van der Waals surface area contributed by atoms with Crippen molar-refractivity contribution in [3.05, 3.63) is 77.4 Å². The molecule has 1 heterocycles. The van der Waals surface area contributed by atoms with Gasteiger partial charge in [0.1, 0.15) is 0 Å². The summed E-state index contributed by atoms with van der Waals surface area (Å²) in [5.41, 5.74) is 4.22. The number of nitrogens with zero attached hydrogens (tertiary/aromatic N) is 2. The Kier molecular flexibility index (Phi) is 5.04. The Morgan fingerprint density at radius 3 is 2.40 bits per heavy atom. The van der Waals surface area contributed by atoms with Gasteiger partial charge in [-0.1, -0.05) is 48.0 Å². The molecule has 0 aliphatic carbocycles. The van der Waals surface area contributed by atoms with Gasteiger partial charge in [0.05, 0.1) is 6.42 Å². The van der Waals surface area contributed by atoms with Crippen LogP contribution in [0.3, 0.4) is 0 Å². The molecule has 0 atom stereocenters. The molecule has 2 N–H and O–H groups in total. The van der Waals surface area contributed by atoms with E-state index in [9.17, 15) is 4.79 Å². The van der Waals surface area contributed by atoms with Crippen molar-refractivity contribution in [3.63, 3.8) is 0 Å². The molecule has 0 aliphatic heterocycles. The number of amides is 1. The van der Waals surface area contributed by atoms with Crippen LogP contribution in [0.4, 0.5) is 17.3 Å². The Morgan fingerprint density at radius 2 is 1.68 bits per heavy atom. The molecule has 0 bridgehead atoms. The molecule has 0 aliphatic rings. The molecule has 1 aromatic heterocycles. The zero-order valence-corrected chi connectivity index (χ0v) is 14.3. The number of benzene rings is 2. The van der Waals surface area contributed by atoms with Crippen LogP contribution >= 0.6 is 0 Å². The Bertz CT molecular complexity index is 875. The number of nitrogens with one attached hydrogen (secondary N) is 2. The van der Waals surface area contributed by atoms with E-state index in [0.717, 1.165) is 22.4 Å². The number of carbonyl (C=O) groups is 1. The van der Waals surface area contributed by atoms with E-state index >= 15 is 0 Å². The second kappa shape index (κ2) is 7.57. The summed E-state index contributed by atoms with van der Waals surface area (Å²) in [6, 6.07) is 19.4. The lowest BCUT2D eigenvalue weighted by molar-refractivity contribution is -0.115. The molecule has 0 spiro atoms. The third-order valence-electron chi connectivity index (χ3n) is 3.79. The molecular formula is C20H20N4O. The molecule has 25 heavy (non-hydrogen) atoms. The molecule has 3 aromatic rings. The average molecular weight is 332 g/mol. The van der Waals surface area contributed by atoms with Gasteiger partial charge in [0.25, 0.3) is 0 Å². The summed E-state index contributed by atoms with van der Waals surface area (Å²) in [4.78, 5) is 12.1. The summed E-state index contributed by atoms with van der Waals surface area (Å²) in [6.45, 7) is 4.03. The summed E-state index contributed by atoms with van der Waals surface area (Å²) < 4.78 is 0. The first-order valence-corrected chi connectivity index (χ1v) is 8.12. The van der Waals surface area contributed by atoms with Crippen molar-refractivity contribution in [2.75, 3.05) is 10.6 Å². The number of carbonyl (C=O) groups excluding carboxylic acids is 1. The predicted octanol–water partition coefficient (Wildman–Crippen LogP) is 4.02. The van der Waals surface area contributed by atoms with E-state index in [-0.39, 0.29) is 5.91 Å². The highest BCUT2D eigenvalue weighted by Gasteiger charge is 2.06. The fraction of sp³-hybridized carbons (Fsp3) is 0.150. The highest BCUT2D eigenvalue weighted by molar-refractivity contribution is 5.91. The van der Waals surface area contributed by atoms with Crippen LogP contribution < -0.4 is 10.6 Å². The number of para-hydroxylation sites is 1. The summed E-state index contributed by atoms with van der Waals surface area (Å²) in [5.74, 6) is 0.957. The smallest absolute Gasteiger partial charge is 0.229 e. The minimum Gasteiger partial charge on any atom is -0.339 e. The van der Waals surface area contributed by atoms with Gasteiger partial charge < -0.3 is 10.6 Å². The monoisotopic (exact) mass is 332 g/mol. The van der Waals surface area contributed by atoms with Crippen LogP contribution in [0.1, 0.15) is 16.7 Å². The lowest BCUT2D eigenvalue weighted by atomic mass is 10.1. The largest absolute Gasteiger partial charge is 0.339 e. The van der Waals surface area contributed by atoms with E-state index in [4.69, 9.17) is 0 Å². The van der Waals surface area contributed by atoms with Crippen molar-refractivity contribution in [2.24, 2.45) is 0 Å². The number of hydrogen-bond acceptors (Lipinski definition) is 4. The Hall–Kier alpha value is -3.21. The van der Waals surface area contributed by atoms with Gasteiger partial charge in [-0.15, -0.1) is 10.2 Å². The minimum atomic E-state index is -0.112. The van der Waals surface area contributed by atoms with Gasteiger partial charge in [-0.05, 0) is 43.2 Å². The first kappa shape index (κ1) is 16.6. The minimum absolute atomic E-state index is 0.112.